The highest BCUT2D eigenvalue weighted by Crippen LogP contribution is 2.33. The first-order chi connectivity index (χ1) is 10.4. The van der Waals surface area contributed by atoms with Crippen LogP contribution in [-0.2, 0) is 9.84 Å². The Balaban J connectivity index is 2.11. The average Bonchev–Trinajstić information content (AvgIpc) is 2.46. The summed E-state index contributed by atoms with van der Waals surface area (Å²) in [6, 6.07) is 7.62. The highest BCUT2D eigenvalue weighted by Gasteiger charge is 2.22. The van der Waals surface area contributed by atoms with Crippen LogP contribution in [0.25, 0.3) is 11.6 Å². The molecule has 0 fully saturated rings. The molecule has 0 amide bonds. The summed E-state index contributed by atoms with van der Waals surface area (Å²) < 4.78 is 23.2. The lowest BCUT2D eigenvalue weighted by Gasteiger charge is -2.27. The van der Waals surface area contributed by atoms with Crippen LogP contribution in [-0.4, -0.2) is 38.2 Å². The number of sulfone groups is 1. The molecule has 0 atom stereocenters. The third kappa shape index (κ3) is 2.71. The van der Waals surface area contributed by atoms with Gasteiger partial charge in [0.15, 0.2) is 0 Å². The molecule has 0 unspecified atom stereocenters. The van der Waals surface area contributed by atoms with E-state index in [1.54, 1.807) is 0 Å². The SMILES string of the molecule is CN1CC(c2ccccc2Cl)=Cc2cnc(S(C)(=O)=O)nc21. The largest absolute Gasteiger partial charge is 0.355 e. The molecule has 0 aliphatic carbocycles. The van der Waals surface area contributed by atoms with Crippen LogP contribution in [0.3, 0.4) is 0 Å². The lowest BCUT2D eigenvalue weighted by Crippen LogP contribution is -2.25. The van der Waals surface area contributed by atoms with Gasteiger partial charge in [-0.2, -0.15) is 0 Å². The van der Waals surface area contributed by atoms with Crippen molar-refractivity contribution in [3.05, 3.63) is 46.6 Å². The van der Waals surface area contributed by atoms with Crippen molar-refractivity contribution in [3.63, 3.8) is 0 Å². The van der Waals surface area contributed by atoms with Gasteiger partial charge in [0.05, 0.1) is 0 Å². The number of benzene rings is 1. The normalized spacial score (nSPS) is 14.5. The van der Waals surface area contributed by atoms with Crippen LogP contribution >= 0.6 is 11.6 Å². The maximum absolute atomic E-state index is 11.6. The van der Waals surface area contributed by atoms with E-state index in [0.29, 0.717) is 17.4 Å². The van der Waals surface area contributed by atoms with Crippen molar-refractivity contribution in [1.82, 2.24) is 9.97 Å². The van der Waals surface area contributed by atoms with E-state index in [4.69, 9.17) is 11.6 Å². The fourth-order valence-electron chi connectivity index (χ4n) is 2.40. The zero-order chi connectivity index (χ0) is 15.9. The molecule has 0 radical (unpaired) electrons. The van der Waals surface area contributed by atoms with Gasteiger partial charge in [0.25, 0.3) is 0 Å². The molecule has 0 bridgehead atoms. The quantitative estimate of drug-likeness (QED) is 0.789. The third-order valence-corrected chi connectivity index (χ3v) is 4.61. The van der Waals surface area contributed by atoms with E-state index in [-0.39, 0.29) is 5.16 Å². The Labute approximate surface area is 134 Å². The molecule has 0 saturated carbocycles. The number of fused-ring (bicyclic) bond motifs is 1. The minimum absolute atomic E-state index is 0.160. The average molecular weight is 336 g/mol. The molecular formula is C15H14ClN3O2S. The van der Waals surface area contributed by atoms with Crippen LogP contribution in [0.15, 0.2) is 35.6 Å². The Morgan fingerprint density at radius 1 is 1.27 bits per heavy atom. The Bertz CT molecular complexity index is 878. The third-order valence-electron chi connectivity index (χ3n) is 3.42. The monoisotopic (exact) mass is 335 g/mol. The summed E-state index contributed by atoms with van der Waals surface area (Å²) in [5.41, 5.74) is 2.77. The molecule has 0 spiro atoms. The highest BCUT2D eigenvalue weighted by atomic mass is 35.5. The van der Waals surface area contributed by atoms with Crippen LogP contribution in [0.4, 0.5) is 5.82 Å². The van der Waals surface area contributed by atoms with Gasteiger partial charge in [0.1, 0.15) is 5.82 Å². The van der Waals surface area contributed by atoms with E-state index in [0.717, 1.165) is 23.0 Å². The summed E-state index contributed by atoms with van der Waals surface area (Å²) in [7, 11) is -1.56. The summed E-state index contributed by atoms with van der Waals surface area (Å²) in [5, 5.41) is 0.520. The Morgan fingerprint density at radius 2 is 2.00 bits per heavy atom. The molecule has 0 N–H and O–H groups in total. The van der Waals surface area contributed by atoms with Crippen molar-refractivity contribution in [2.24, 2.45) is 0 Å². The fraction of sp³-hybridized carbons (Fsp3) is 0.200. The number of likely N-dealkylation sites (N-methyl/N-ethyl adjacent to an activating group) is 1. The van der Waals surface area contributed by atoms with Crippen LogP contribution < -0.4 is 4.90 Å². The van der Waals surface area contributed by atoms with Gasteiger partial charge in [0.2, 0.25) is 15.0 Å². The number of anilines is 1. The van der Waals surface area contributed by atoms with Gasteiger partial charge < -0.3 is 4.90 Å². The first kappa shape index (κ1) is 15.0. The summed E-state index contributed by atoms with van der Waals surface area (Å²) in [6.45, 7) is 0.594. The molecule has 2 heterocycles. The van der Waals surface area contributed by atoms with Gasteiger partial charge >= 0.3 is 0 Å². The van der Waals surface area contributed by atoms with E-state index >= 15 is 0 Å². The standard InChI is InChI=1S/C15H14ClN3O2S/c1-19-9-11(12-5-3-4-6-13(12)16)7-10-8-17-15(18-14(10)19)22(2,20)21/h3-8H,9H2,1-2H3. The van der Waals surface area contributed by atoms with E-state index in [1.807, 2.05) is 42.3 Å². The predicted molar refractivity (Wildman–Crippen MR) is 87.7 cm³/mol. The fourth-order valence-corrected chi connectivity index (χ4v) is 3.15. The number of rotatable bonds is 2. The topological polar surface area (TPSA) is 63.2 Å². The van der Waals surface area contributed by atoms with Gasteiger partial charge in [-0.25, -0.2) is 18.4 Å². The van der Waals surface area contributed by atoms with E-state index < -0.39 is 9.84 Å². The number of nitrogens with zero attached hydrogens (tertiary/aromatic N) is 3. The molecule has 5 nitrogen and oxygen atoms in total. The Morgan fingerprint density at radius 3 is 2.68 bits per heavy atom. The minimum Gasteiger partial charge on any atom is -0.355 e. The van der Waals surface area contributed by atoms with E-state index in [2.05, 4.69) is 9.97 Å². The van der Waals surface area contributed by atoms with Crippen LogP contribution in [0, 0.1) is 0 Å². The zero-order valence-electron chi connectivity index (χ0n) is 12.1. The maximum atomic E-state index is 11.6. The second kappa shape index (κ2) is 5.37. The number of aromatic nitrogens is 2. The zero-order valence-corrected chi connectivity index (χ0v) is 13.7. The van der Waals surface area contributed by atoms with Crippen LogP contribution in [0.2, 0.25) is 5.02 Å². The first-order valence-electron chi connectivity index (χ1n) is 6.60. The van der Waals surface area contributed by atoms with Gasteiger partial charge in [-0.05, 0) is 23.3 Å². The highest BCUT2D eigenvalue weighted by molar-refractivity contribution is 7.90. The van der Waals surface area contributed by atoms with Gasteiger partial charge in [-0.3, -0.25) is 0 Å². The molecule has 1 aliphatic heterocycles. The molecular weight excluding hydrogens is 322 g/mol. The minimum atomic E-state index is -3.42. The van der Waals surface area contributed by atoms with E-state index in [1.165, 1.54) is 6.20 Å². The molecule has 7 heteroatoms. The molecule has 3 rings (SSSR count). The Hall–Kier alpha value is -1.92. The van der Waals surface area contributed by atoms with Gasteiger partial charge in [0, 0.05) is 36.6 Å². The maximum Gasteiger partial charge on any atom is 0.248 e. The molecule has 1 aromatic carbocycles. The van der Waals surface area contributed by atoms with Crippen molar-refractivity contribution in [3.8, 4) is 0 Å². The first-order valence-corrected chi connectivity index (χ1v) is 8.87. The molecule has 2 aromatic rings. The molecule has 22 heavy (non-hydrogen) atoms. The summed E-state index contributed by atoms with van der Waals surface area (Å²) in [4.78, 5) is 10.0. The van der Waals surface area contributed by atoms with Crippen molar-refractivity contribution in [2.75, 3.05) is 24.7 Å². The van der Waals surface area contributed by atoms with Crippen LogP contribution in [0.1, 0.15) is 11.1 Å². The number of hydrogen-bond donors (Lipinski definition) is 0. The Kier molecular flexibility index (Phi) is 3.66. The molecule has 1 aromatic heterocycles. The van der Waals surface area contributed by atoms with Gasteiger partial charge in [-0.1, -0.05) is 29.8 Å². The van der Waals surface area contributed by atoms with Crippen molar-refractivity contribution >= 4 is 38.9 Å². The number of halogens is 1. The second-order valence-electron chi connectivity index (χ2n) is 5.21. The summed E-state index contributed by atoms with van der Waals surface area (Å²) in [6.07, 6.45) is 4.58. The van der Waals surface area contributed by atoms with Crippen LogP contribution in [0.5, 0.6) is 0 Å². The number of hydrogen-bond acceptors (Lipinski definition) is 5. The second-order valence-corrected chi connectivity index (χ2v) is 7.53. The summed E-state index contributed by atoms with van der Waals surface area (Å²) in [5.74, 6) is 0.603. The lowest BCUT2D eigenvalue weighted by molar-refractivity contribution is 0.592. The van der Waals surface area contributed by atoms with Gasteiger partial charge in [-0.15, -0.1) is 0 Å². The van der Waals surface area contributed by atoms with E-state index in [9.17, 15) is 8.42 Å². The smallest absolute Gasteiger partial charge is 0.248 e. The molecule has 0 saturated heterocycles. The molecule has 114 valence electrons. The lowest BCUT2D eigenvalue weighted by atomic mass is 10.00. The van der Waals surface area contributed by atoms with Crippen molar-refractivity contribution < 1.29 is 8.42 Å². The van der Waals surface area contributed by atoms with Crippen molar-refractivity contribution in [2.45, 2.75) is 5.16 Å². The van der Waals surface area contributed by atoms with Crippen molar-refractivity contribution in [1.29, 1.82) is 0 Å². The summed E-state index contributed by atoms with van der Waals surface area (Å²) >= 11 is 6.25. The predicted octanol–water partition coefficient (Wildman–Crippen LogP) is 2.52. The molecule has 1 aliphatic rings.